The zero-order chi connectivity index (χ0) is 15.5. The Morgan fingerprint density at radius 3 is 2.57 bits per heavy atom. The molecule has 2 rings (SSSR count). The SMILES string of the molecule is CC[C@@H](N)c1ccc(N2CCSCC2S(=O)(=O)CC)cc1. The van der Waals surface area contributed by atoms with E-state index >= 15 is 0 Å². The number of thioether (sulfide) groups is 1. The minimum absolute atomic E-state index is 0.0473. The van der Waals surface area contributed by atoms with Crippen LogP contribution < -0.4 is 10.6 Å². The van der Waals surface area contributed by atoms with Gasteiger partial charge in [-0.2, -0.15) is 11.8 Å². The molecule has 6 heteroatoms. The van der Waals surface area contributed by atoms with Gasteiger partial charge in [-0.3, -0.25) is 0 Å². The summed E-state index contributed by atoms with van der Waals surface area (Å²) in [6.45, 7) is 4.55. The summed E-state index contributed by atoms with van der Waals surface area (Å²) in [7, 11) is -3.07. The zero-order valence-corrected chi connectivity index (χ0v) is 14.3. The van der Waals surface area contributed by atoms with E-state index < -0.39 is 15.2 Å². The highest BCUT2D eigenvalue weighted by Crippen LogP contribution is 2.28. The maximum Gasteiger partial charge on any atom is 0.171 e. The Morgan fingerprint density at radius 1 is 1.33 bits per heavy atom. The summed E-state index contributed by atoms with van der Waals surface area (Å²) in [6.07, 6.45) is 0.895. The van der Waals surface area contributed by atoms with Crippen LogP contribution in [0.25, 0.3) is 0 Å². The van der Waals surface area contributed by atoms with Crippen LogP contribution in [0.5, 0.6) is 0 Å². The fourth-order valence-electron chi connectivity index (χ4n) is 2.51. The molecule has 1 saturated heterocycles. The van der Waals surface area contributed by atoms with Crippen LogP contribution >= 0.6 is 11.8 Å². The Bertz CT molecular complexity index is 558. The summed E-state index contributed by atoms with van der Waals surface area (Å²) >= 11 is 1.71. The molecule has 0 aliphatic carbocycles. The largest absolute Gasteiger partial charge is 0.353 e. The fraction of sp³-hybridized carbons (Fsp3) is 0.600. The Balaban J connectivity index is 2.26. The lowest BCUT2D eigenvalue weighted by Gasteiger charge is -2.36. The van der Waals surface area contributed by atoms with E-state index in [1.54, 1.807) is 18.7 Å². The average molecular weight is 329 g/mol. The van der Waals surface area contributed by atoms with Crippen LogP contribution in [-0.4, -0.2) is 37.6 Å². The van der Waals surface area contributed by atoms with E-state index in [0.29, 0.717) is 5.75 Å². The standard InChI is InChI=1S/C15H24N2O2S2/c1-3-14(16)12-5-7-13(8-6-12)17-9-10-20-11-15(17)21(18,19)4-2/h5-8,14-15H,3-4,9-11,16H2,1-2H3/t14-,15?/m1/s1. The normalized spacial score (nSPS) is 21.3. The van der Waals surface area contributed by atoms with Crippen molar-refractivity contribution in [1.82, 2.24) is 0 Å². The van der Waals surface area contributed by atoms with Crippen molar-refractivity contribution in [3.8, 4) is 0 Å². The van der Waals surface area contributed by atoms with Gasteiger partial charge < -0.3 is 10.6 Å². The molecule has 0 radical (unpaired) electrons. The molecule has 0 bridgehead atoms. The molecule has 0 spiro atoms. The molecular weight excluding hydrogens is 304 g/mol. The predicted octanol–water partition coefficient (Wildman–Crippen LogP) is 2.41. The lowest BCUT2D eigenvalue weighted by atomic mass is 10.1. The Morgan fingerprint density at radius 2 is 2.00 bits per heavy atom. The third-order valence-corrected chi connectivity index (χ3v) is 7.28. The van der Waals surface area contributed by atoms with Crippen molar-refractivity contribution in [1.29, 1.82) is 0 Å². The molecule has 21 heavy (non-hydrogen) atoms. The van der Waals surface area contributed by atoms with Gasteiger partial charge in [-0.25, -0.2) is 8.42 Å². The van der Waals surface area contributed by atoms with E-state index in [-0.39, 0.29) is 11.8 Å². The zero-order valence-electron chi connectivity index (χ0n) is 12.7. The van der Waals surface area contributed by atoms with Gasteiger partial charge >= 0.3 is 0 Å². The molecule has 4 nitrogen and oxygen atoms in total. The van der Waals surface area contributed by atoms with E-state index in [0.717, 1.165) is 30.0 Å². The van der Waals surface area contributed by atoms with Gasteiger partial charge in [0.05, 0.1) is 0 Å². The van der Waals surface area contributed by atoms with Crippen molar-refractivity contribution < 1.29 is 8.42 Å². The second-order valence-corrected chi connectivity index (χ2v) is 8.88. The van der Waals surface area contributed by atoms with Gasteiger partial charge in [0.1, 0.15) is 5.37 Å². The summed E-state index contributed by atoms with van der Waals surface area (Å²) in [5.41, 5.74) is 8.10. The van der Waals surface area contributed by atoms with Gasteiger partial charge in [0.25, 0.3) is 0 Å². The van der Waals surface area contributed by atoms with Gasteiger partial charge in [0.15, 0.2) is 9.84 Å². The average Bonchev–Trinajstić information content (AvgIpc) is 2.54. The number of anilines is 1. The van der Waals surface area contributed by atoms with Gasteiger partial charge in [0, 0.05) is 35.5 Å². The third-order valence-electron chi connectivity index (χ3n) is 3.99. The van der Waals surface area contributed by atoms with Crippen LogP contribution in [-0.2, 0) is 9.84 Å². The maximum atomic E-state index is 12.3. The molecule has 1 fully saturated rings. The Kier molecular flexibility index (Phi) is 5.57. The first-order valence-electron chi connectivity index (χ1n) is 7.41. The monoisotopic (exact) mass is 328 g/mol. The molecule has 118 valence electrons. The summed E-state index contributed by atoms with van der Waals surface area (Å²) in [4.78, 5) is 2.02. The molecule has 0 amide bonds. The van der Waals surface area contributed by atoms with Crippen molar-refractivity contribution >= 4 is 27.3 Å². The number of nitrogens with zero attached hydrogens (tertiary/aromatic N) is 1. The molecule has 1 aromatic rings. The van der Waals surface area contributed by atoms with Crippen LogP contribution in [0.4, 0.5) is 5.69 Å². The number of rotatable bonds is 5. The first kappa shape index (κ1) is 16.6. The number of hydrogen-bond acceptors (Lipinski definition) is 5. The number of benzene rings is 1. The van der Waals surface area contributed by atoms with Crippen LogP contribution in [0, 0.1) is 0 Å². The molecule has 2 atom stereocenters. The van der Waals surface area contributed by atoms with Crippen molar-refractivity contribution in [2.75, 3.05) is 28.7 Å². The third kappa shape index (κ3) is 3.73. The minimum Gasteiger partial charge on any atom is -0.353 e. The van der Waals surface area contributed by atoms with E-state index in [1.165, 1.54) is 0 Å². The second-order valence-electron chi connectivity index (χ2n) is 5.28. The lowest BCUT2D eigenvalue weighted by molar-refractivity contribution is 0.579. The van der Waals surface area contributed by atoms with Crippen LogP contribution in [0.2, 0.25) is 0 Å². The van der Waals surface area contributed by atoms with Gasteiger partial charge in [0.2, 0.25) is 0 Å². The highest BCUT2D eigenvalue weighted by Gasteiger charge is 2.32. The van der Waals surface area contributed by atoms with Gasteiger partial charge in [-0.05, 0) is 24.1 Å². The smallest absolute Gasteiger partial charge is 0.171 e. The van der Waals surface area contributed by atoms with Crippen molar-refractivity contribution in [3.05, 3.63) is 29.8 Å². The first-order chi connectivity index (χ1) is 9.99. The van der Waals surface area contributed by atoms with E-state index in [4.69, 9.17) is 5.73 Å². The predicted molar refractivity (Wildman–Crippen MR) is 91.6 cm³/mol. The van der Waals surface area contributed by atoms with E-state index in [9.17, 15) is 8.42 Å². The molecule has 1 aliphatic rings. The molecule has 1 unspecified atom stereocenters. The molecule has 1 aromatic carbocycles. The highest BCUT2D eigenvalue weighted by molar-refractivity contribution is 8.01. The molecule has 0 aromatic heterocycles. The molecule has 1 heterocycles. The van der Waals surface area contributed by atoms with E-state index in [2.05, 4.69) is 6.92 Å². The number of hydrogen-bond donors (Lipinski definition) is 1. The van der Waals surface area contributed by atoms with Crippen LogP contribution in [0.1, 0.15) is 31.9 Å². The number of sulfone groups is 1. The summed E-state index contributed by atoms with van der Waals surface area (Å²) in [6, 6.07) is 8.07. The topological polar surface area (TPSA) is 63.4 Å². The van der Waals surface area contributed by atoms with E-state index in [1.807, 2.05) is 29.2 Å². The quantitative estimate of drug-likeness (QED) is 0.899. The summed E-state index contributed by atoms with van der Waals surface area (Å²) in [5.74, 6) is 1.80. The molecular formula is C15H24N2O2S2. The number of nitrogens with two attached hydrogens (primary N) is 1. The van der Waals surface area contributed by atoms with Gasteiger partial charge in [-0.1, -0.05) is 26.0 Å². The minimum atomic E-state index is -3.07. The summed E-state index contributed by atoms with van der Waals surface area (Å²) in [5, 5.41) is -0.410. The highest BCUT2D eigenvalue weighted by atomic mass is 32.2. The fourth-order valence-corrected chi connectivity index (χ4v) is 5.51. The van der Waals surface area contributed by atoms with Crippen molar-refractivity contribution in [2.45, 2.75) is 31.7 Å². The molecule has 1 aliphatic heterocycles. The van der Waals surface area contributed by atoms with Crippen LogP contribution in [0.3, 0.4) is 0 Å². The van der Waals surface area contributed by atoms with Crippen molar-refractivity contribution in [3.63, 3.8) is 0 Å². The van der Waals surface area contributed by atoms with Crippen molar-refractivity contribution in [2.24, 2.45) is 5.73 Å². The van der Waals surface area contributed by atoms with Gasteiger partial charge in [-0.15, -0.1) is 0 Å². The Hall–Kier alpha value is -0.720. The second kappa shape index (κ2) is 7.03. The Labute approximate surface area is 132 Å². The molecule has 2 N–H and O–H groups in total. The lowest BCUT2D eigenvalue weighted by Crippen LogP contribution is -2.48. The molecule has 0 saturated carbocycles. The summed E-state index contributed by atoms with van der Waals surface area (Å²) < 4.78 is 24.6. The first-order valence-corrected chi connectivity index (χ1v) is 10.3. The maximum absolute atomic E-state index is 12.3. The van der Waals surface area contributed by atoms with Crippen LogP contribution in [0.15, 0.2) is 24.3 Å².